The van der Waals surface area contributed by atoms with Crippen molar-refractivity contribution in [2.24, 2.45) is 0 Å². The lowest BCUT2D eigenvalue weighted by atomic mass is 10.1. The Kier molecular flexibility index (Phi) is 11.4. The molecule has 0 heterocycles. The number of unbranched alkanes of at least 4 members (excludes halogenated alkanes) is 1. The summed E-state index contributed by atoms with van der Waals surface area (Å²) in [5.74, 6) is -0.741. The number of amides is 2. The van der Waals surface area contributed by atoms with Crippen molar-refractivity contribution < 1.29 is 18.0 Å². The molecule has 0 bridgehead atoms. The van der Waals surface area contributed by atoms with E-state index in [1.54, 1.807) is 60.7 Å². The van der Waals surface area contributed by atoms with E-state index in [1.165, 1.54) is 4.90 Å². The van der Waals surface area contributed by atoms with E-state index in [1.807, 2.05) is 40.7 Å². The standard InChI is InChI=1S/C32H40ClN3O4S/c1-6-8-17-34-32(38)30(7-2)35(21-26-11-13-27(33)14-12-26)31(37)22-36(28-19-24(4)18-25(5)20-28)41(39,40)29-15-9-23(3)10-16-29/h9-16,18-20,30H,6-8,17,21-22H2,1-5H3,(H,34,38)/t30-/m0/s1. The van der Waals surface area contributed by atoms with Crippen LogP contribution in [0.25, 0.3) is 0 Å². The van der Waals surface area contributed by atoms with Crippen molar-refractivity contribution in [1.29, 1.82) is 0 Å². The monoisotopic (exact) mass is 597 g/mol. The fourth-order valence-corrected chi connectivity index (χ4v) is 6.20. The summed E-state index contributed by atoms with van der Waals surface area (Å²) in [5, 5.41) is 3.50. The van der Waals surface area contributed by atoms with E-state index in [2.05, 4.69) is 5.32 Å². The number of benzene rings is 3. The second-order valence-electron chi connectivity index (χ2n) is 10.4. The topological polar surface area (TPSA) is 86.8 Å². The fraction of sp³-hybridized carbons (Fsp3) is 0.375. The van der Waals surface area contributed by atoms with Crippen LogP contribution in [0.3, 0.4) is 0 Å². The summed E-state index contributed by atoms with van der Waals surface area (Å²) in [6, 6.07) is 18.3. The highest BCUT2D eigenvalue weighted by molar-refractivity contribution is 7.92. The number of halogens is 1. The number of aryl methyl sites for hydroxylation is 3. The Bertz CT molecular complexity index is 1420. The minimum absolute atomic E-state index is 0.0867. The Morgan fingerprint density at radius 3 is 2.05 bits per heavy atom. The maximum Gasteiger partial charge on any atom is 0.264 e. The van der Waals surface area contributed by atoms with Crippen LogP contribution in [0.4, 0.5) is 5.69 Å². The van der Waals surface area contributed by atoms with Crippen molar-refractivity contribution in [2.45, 2.75) is 71.4 Å². The number of carbonyl (C=O) groups excluding carboxylic acids is 2. The highest BCUT2D eigenvalue weighted by atomic mass is 35.5. The van der Waals surface area contributed by atoms with E-state index >= 15 is 0 Å². The minimum Gasteiger partial charge on any atom is -0.354 e. The van der Waals surface area contributed by atoms with Crippen LogP contribution in [0.15, 0.2) is 71.6 Å². The zero-order valence-electron chi connectivity index (χ0n) is 24.5. The first kappa shape index (κ1) is 32.2. The predicted molar refractivity (Wildman–Crippen MR) is 166 cm³/mol. The van der Waals surface area contributed by atoms with Crippen molar-refractivity contribution in [3.63, 3.8) is 0 Å². The molecule has 0 aromatic heterocycles. The summed E-state index contributed by atoms with van der Waals surface area (Å²) < 4.78 is 29.2. The molecule has 7 nitrogen and oxygen atoms in total. The number of anilines is 1. The van der Waals surface area contributed by atoms with Gasteiger partial charge < -0.3 is 10.2 Å². The first-order valence-corrected chi connectivity index (χ1v) is 15.8. The summed E-state index contributed by atoms with van der Waals surface area (Å²) in [6.45, 7) is 9.70. The molecular formula is C32H40ClN3O4S. The third kappa shape index (κ3) is 8.57. The molecule has 3 aromatic carbocycles. The molecule has 2 amide bonds. The van der Waals surface area contributed by atoms with E-state index in [0.29, 0.717) is 23.7 Å². The molecule has 0 radical (unpaired) electrons. The normalized spacial score (nSPS) is 12.0. The number of nitrogens with one attached hydrogen (secondary N) is 1. The molecule has 41 heavy (non-hydrogen) atoms. The van der Waals surface area contributed by atoms with E-state index < -0.39 is 28.5 Å². The lowest BCUT2D eigenvalue weighted by Crippen LogP contribution is -2.52. The van der Waals surface area contributed by atoms with Gasteiger partial charge in [-0.25, -0.2) is 8.42 Å². The Balaban J connectivity index is 2.06. The third-order valence-electron chi connectivity index (χ3n) is 6.86. The van der Waals surface area contributed by atoms with Crippen LogP contribution < -0.4 is 9.62 Å². The Morgan fingerprint density at radius 2 is 1.49 bits per heavy atom. The lowest BCUT2D eigenvalue weighted by Gasteiger charge is -2.33. The number of hydrogen-bond donors (Lipinski definition) is 1. The second-order valence-corrected chi connectivity index (χ2v) is 12.7. The number of carbonyl (C=O) groups is 2. The van der Waals surface area contributed by atoms with Gasteiger partial charge in [-0.1, -0.05) is 67.8 Å². The summed E-state index contributed by atoms with van der Waals surface area (Å²) in [7, 11) is -4.11. The maximum atomic E-state index is 14.1. The number of sulfonamides is 1. The molecule has 1 atom stereocenters. The summed E-state index contributed by atoms with van der Waals surface area (Å²) in [5.41, 5.74) is 3.84. The first-order chi connectivity index (χ1) is 19.5. The molecular weight excluding hydrogens is 558 g/mol. The lowest BCUT2D eigenvalue weighted by molar-refractivity contribution is -0.140. The molecule has 0 saturated heterocycles. The molecule has 1 N–H and O–H groups in total. The molecule has 3 rings (SSSR count). The summed E-state index contributed by atoms with van der Waals surface area (Å²) in [6.07, 6.45) is 2.11. The van der Waals surface area contributed by atoms with Gasteiger partial charge in [0.15, 0.2) is 0 Å². The predicted octanol–water partition coefficient (Wildman–Crippen LogP) is 6.18. The third-order valence-corrected chi connectivity index (χ3v) is 8.90. The summed E-state index contributed by atoms with van der Waals surface area (Å²) >= 11 is 6.08. The van der Waals surface area contributed by atoms with E-state index in [9.17, 15) is 18.0 Å². The van der Waals surface area contributed by atoms with Gasteiger partial charge in [-0.05, 0) is 86.7 Å². The SMILES string of the molecule is CCCCNC(=O)[C@H](CC)N(Cc1ccc(Cl)cc1)C(=O)CN(c1cc(C)cc(C)c1)S(=O)(=O)c1ccc(C)cc1. The van der Waals surface area contributed by atoms with Gasteiger partial charge in [-0.15, -0.1) is 0 Å². The quantitative estimate of drug-likeness (QED) is 0.238. The van der Waals surface area contributed by atoms with Crippen LogP contribution in [0.2, 0.25) is 5.02 Å². The van der Waals surface area contributed by atoms with Crippen LogP contribution in [0.5, 0.6) is 0 Å². The van der Waals surface area contributed by atoms with Crippen molar-refractivity contribution >= 4 is 39.1 Å². The van der Waals surface area contributed by atoms with Gasteiger partial charge in [-0.2, -0.15) is 0 Å². The smallest absolute Gasteiger partial charge is 0.264 e. The van der Waals surface area contributed by atoms with Gasteiger partial charge in [0.25, 0.3) is 10.0 Å². The van der Waals surface area contributed by atoms with Gasteiger partial charge in [0.2, 0.25) is 11.8 Å². The fourth-order valence-electron chi connectivity index (χ4n) is 4.67. The largest absolute Gasteiger partial charge is 0.354 e. The highest BCUT2D eigenvalue weighted by Crippen LogP contribution is 2.27. The molecule has 3 aromatic rings. The number of nitrogens with zero attached hydrogens (tertiary/aromatic N) is 2. The van der Waals surface area contributed by atoms with E-state index in [-0.39, 0.29) is 17.3 Å². The average Bonchev–Trinajstić information content (AvgIpc) is 2.92. The molecule has 0 saturated carbocycles. The van der Waals surface area contributed by atoms with Gasteiger partial charge in [-0.3, -0.25) is 13.9 Å². The van der Waals surface area contributed by atoms with Gasteiger partial charge in [0.1, 0.15) is 12.6 Å². The minimum atomic E-state index is -4.11. The van der Waals surface area contributed by atoms with Gasteiger partial charge >= 0.3 is 0 Å². The molecule has 0 fully saturated rings. The molecule has 0 aliphatic carbocycles. The summed E-state index contributed by atoms with van der Waals surface area (Å²) in [4.78, 5) is 29.0. The number of hydrogen-bond acceptors (Lipinski definition) is 4. The van der Waals surface area contributed by atoms with Crippen LogP contribution in [0.1, 0.15) is 55.4 Å². The van der Waals surface area contributed by atoms with E-state index in [0.717, 1.165) is 39.4 Å². The highest BCUT2D eigenvalue weighted by Gasteiger charge is 2.33. The number of rotatable bonds is 13. The van der Waals surface area contributed by atoms with Crippen molar-refractivity contribution in [2.75, 3.05) is 17.4 Å². The van der Waals surface area contributed by atoms with Crippen LogP contribution in [-0.2, 0) is 26.2 Å². The Hall–Kier alpha value is -3.36. The molecule has 0 unspecified atom stereocenters. The van der Waals surface area contributed by atoms with Crippen molar-refractivity contribution in [3.05, 3.63) is 94.0 Å². The zero-order valence-corrected chi connectivity index (χ0v) is 26.1. The van der Waals surface area contributed by atoms with Crippen LogP contribution in [-0.4, -0.2) is 44.3 Å². The first-order valence-electron chi connectivity index (χ1n) is 14.0. The Labute approximate surface area is 249 Å². The van der Waals surface area contributed by atoms with Crippen molar-refractivity contribution in [3.8, 4) is 0 Å². The molecule has 220 valence electrons. The second kappa shape index (κ2) is 14.5. The molecule has 0 aliphatic rings. The molecule has 0 spiro atoms. The molecule has 9 heteroatoms. The van der Waals surface area contributed by atoms with E-state index in [4.69, 9.17) is 11.6 Å². The van der Waals surface area contributed by atoms with Crippen LogP contribution >= 0.6 is 11.6 Å². The average molecular weight is 598 g/mol. The maximum absolute atomic E-state index is 14.1. The van der Waals surface area contributed by atoms with Crippen molar-refractivity contribution in [1.82, 2.24) is 10.2 Å². The van der Waals surface area contributed by atoms with Crippen LogP contribution in [0, 0.1) is 20.8 Å². The van der Waals surface area contributed by atoms with Gasteiger partial charge in [0.05, 0.1) is 10.6 Å². The molecule has 0 aliphatic heterocycles. The van der Waals surface area contributed by atoms with Gasteiger partial charge in [0, 0.05) is 18.1 Å². The zero-order chi connectivity index (χ0) is 30.2. The Morgan fingerprint density at radius 1 is 0.878 bits per heavy atom.